The molecule has 3 aromatic carbocycles. The summed E-state index contributed by atoms with van der Waals surface area (Å²) in [5, 5.41) is 22.1. The molecule has 308 valence electrons. The molecule has 0 amide bonds. The topological polar surface area (TPSA) is 70.8 Å². The zero-order valence-electron chi connectivity index (χ0n) is 35.3. The van der Waals surface area contributed by atoms with E-state index in [0.717, 1.165) is 55.6 Å². The molecule has 4 nitrogen and oxygen atoms in total. The van der Waals surface area contributed by atoms with Crippen molar-refractivity contribution in [2.45, 2.75) is 195 Å². The summed E-state index contributed by atoms with van der Waals surface area (Å²) in [6, 6.07) is 22.4. The second-order valence-electron chi connectivity index (χ2n) is 15.3. The fourth-order valence-corrected chi connectivity index (χ4v) is 6.71. The molecule has 0 fully saturated rings. The summed E-state index contributed by atoms with van der Waals surface area (Å²) in [5.41, 5.74) is 6.65. The van der Waals surface area contributed by atoms with E-state index in [1.807, 2.05) is 6.21 Å². The van der Waals surface area contributed by atoms with E-state index in [2.05, 4.69) is 76.2 Å². The zero-order valence-corrected chi connectivity index (χ0v) is 36.3. The number of aryl methyl sites for hydroxylation is 3. The molecule has 0 aromatic heterocycles. The molecule has 0 unspecified atom stereocenters. The molecule has 0 heterocycles. The van der Waals surface area contributed by atoms with Crippen molar-refractivity contribution >= 4 is 23.3 Å². The minimum atomic E-state index is -0.386. The van der Waals surface area contributed by atoms with Crippen LogP contribution >= 0.6 is 0 Å². The van der Waals surface area contributed by atoms with Crippen molar-refractivity contribution in [3.63, 3.8) is 0 Å². The molecule has 0 aliphatic heterocycles. The van der Waals surface area contributed by atoms with Gasteiger partial charge in [-0.3, -0.25) is 9.98 Å². The van der Waals surface area contributed by atoms with E-state index in [1.54, 1.807) is 12.1 Å². The Hall–Kier alpha value is -2.91. The Kier molecular flexibility index (Phi) is 31.3. The van der Waals surface area contributed by atoms with Gasteiger partial charge in [-0.15, -0.1) is 11.5 Å². The van der Waals surface area contributed by atoms with E-state index in [0.29, 0.717) is 5.56 Å². The van der Waals surface area contributed by atoms with Crippen molar-refractivity contribution in [3.05, 3.63) is 83.4 Å². The maximum Gasteiger partial charge on any atom is 2.00 e. The van der Waals surface area contributed by atoms with Gasteiger partial charge < -0.3 is 10.2 Å². The second kappa shape index (κ2) is 34.4. The first-order valence-electron chi connectivity index (χ1n) is 22.3. The average molecular weight is 796 g/mol. The van der Waals surface area contributed by atoms with Crippen molar-refractivity contribution in [2.24, 2.45) is 9.98 Å². The first-order chi connectivity index (χ1) is 26.5. The molecule has 0 saturated heterocycles. The van der Waals surface area contributed by atoms with Gasteiger partial charge in [0.2, 0.25) is 0 Å². The van der Waals surface area contributed by atoms with Crippen LogP contribution in [0.25, 0.3) is 0 Å². The smallest absolute Gasteiger partial charge is 0.873 e. The minimum absolute atomic E-state index is 0. The SMILES string of the molecule is CCCCCCCCCCCc1ccc(N=CC(CCCC)=Nc2ccc(CCCCCCCCCCC)cc2)cc1.CCCCc1cccc([O-])c1[O-].[Ni+2]. The number of para-hydroxylation sites is 1. The molecule has 3 rings (SSSR count). The van der Waals surface area contributed by atoms with Crippen LogP contribution in [0.4, 0.5) is 11.4 Å². The molecule has 0 saturated carbocycles. The van der Waals surface area contributed by atoms with Crippen molar-refractivity contribution in [2.75, 3.05) is 0 Å². The predicted octanol–water partition coefficient (Wildman–Crippen LogP) is 14.7. The maximum absolute atomic E-state index is 11.2. The number of hydrogen-bond donors (Lipinski definition) is 0. The van der Waals surface area contributed by atoms with Crippen LogP contribution in [0.2, 0.25) is 0 Å². The van der Waals surface area contributed by atoms with E-state index in [9.17, 15) is 10.2 Å². The first kappa shape index (κ1) is 50.1. The molecular formula is C50H76N2NiO2. The van der Waals surface area contributed by atoms with Gasteiger partial charge in [0.25, 0.3) is 0 Å². The van der Waals surface area contributed by atoms with Crippen LogP contribution in [0.5, 0.6) is 11.5 Å². The van der Waals surface area contributed by atoms with Crippen molar-refractivity contribution in [1.29, 1.82) is 0 Å². The summed E-state index contributed by atoms with van der Waals surface area (Å²) >= 11 is 0. The van der Waals surface area contributed by atoms with Crippen LogP contribution in [0, 0.1) is 0 Å². The standard InChI is InChI=1S/C40H64N2.C10H14O2.Ni/c1-4-7-10-12-14-16-18-20-22-24-36-27-31-38(32-28-36)41-35-40(26-9-6-3)42-39-33-29-37(30-34-39)25-23-21-19-17-15-13-11-8-5-2;1-2-3-5-8-6-4-7-9(11)10(8)12;/h27-35H,4-26H2,1-3H3;4,6-7,11-12H,2-3,5H2,1H3;/q;;+2/p-2. The van der Waals surface area contributed by atoms with Gasteiger partial charge in [-0.05, 0) is 86.8 Å². The molecule has 0 aliphatic rings. The summed E-state index contributed by atoms with van der Waals surface area (Å²) in [5.74, 6) is -0.713. The van der Waals surface area contributed by atoms with Crippen molar-refractivity contribution in [3.8, 4) is 11.5 Å². The molecule has 0 N–H and O–H groups in total. The van der Waals surface area contributed by atoms with E-state index in [4.69, 9.17) is 9.98 Å². The van der Waals surface area contributed by atoms with Crippen LogP contribution in [-0.4, -0.2) is 11.9 Å². The summed E-state index contributed by atoms with van der Waals surface area (Å²) < 4.78 is 0. The first-order valence-corrected chi connectivity index (χ1v) is 22.3. The van der Waals surface area contributed by atoms with Gasteiger partial charge in [0.05, 0.1) is 17.1 Å². The fraction of sp³-hybridized carbons (Fsp3) is 0.600. The normalized spacial score (nSPS) is 11.4. The third-order valence-corrected chi connectivity index (χ3v) is 10.3. The van der Waals surface area contributed by atoms with E-state index >= 15 is 0 Å². The average Bonchev–Trinajstić information content (AvgIpc) is 3.19. The Morgan fingerprint density at radius 2 is 0.909 bits per heavy atom. The van der Waals surface area contributed by atoms with Gasteiger partial charge in [0, 0.05) is 6.21 Å². The molecule has 55 heavy (non-hydrogen) atoms. The monoisotopic (exact) mass is 795 g/mol. The third kappa shape index (κ3) is 25.1. The number of unbranched alkanes of at least 4 members (excludes halogenated alkanes) is 18. The molecule has 0 radical (unpaired) electrons. The third-order valence-electron chi connectivity index (χ3n) is 10.3. The molecule has 0 spiro atoms. The Labute approximate surface area is 348 Å². The molecular weight excluding hydrogens is 719 g/mol. The Bertz CT molecular complexity index is 1380. The summed E-state index contributed by atoms with van der Waals surface area (Å²) in [4.78, 5) is 9.77. The maximum atomic E-state index is 11.2. The predicted molar refractivity (Wildman–Crippen MR) is 233 cm³/mol. The minimum Gasteiger partial charge on any atom is -0.873 e. The molecule has 0 atom stereocenters. The van der Waals surface area contributed by atoms with Crippen LogP contribution in [0.3, 0.4) is 0 Å². The molecule has 0 bridgehead atoms. The van der Waals surface area contributed by atoms with Crippen LogP contribution < -0.4 is 10.2 Å². The summed E-state index contributed by atoms with van der Waals surface area (Å²) in [6.07, 6.45) is 35.2. The molecule has 3 aromatic rings. The van der Waals surface area contributed by atoms with Gasteiger partial charge in [0.15, 0.2) is 0 Å². The largest absolute Gasteiger partial charge is 2.00 e. The van der Waals surface area contributed by atoms with Crippen LogP contribution in [-0.2, 0) is 35.8 Å². The number of benzene rings is 3. The van der Waals surface area contributed by atoms with Gasteiger partial charge in [-0.25, -0.2) is 0 Å². The summed E-state index contributed by atoms with van der Waals surface area (Å²) in [6.45, 7) is 8.88. The van der Waals surface area contributed by atoms with Gasteiger partial charge in [-0.2, -0.15) is 0 Å². The van der Waals surface area contributed by atoms with Crippen LogP contribution in [0.1, 0.15) is 192 Å². The van der Waals surface area contributed by atoms with E-state index in [1.165, 1.54) is 146 Å². The summed E-state index contributed by atoms with van der Waals surface area (Å²) in [7, 11) is 0. The Morgan fingerprint density at radius 1 is 0.473 bits per heavy atom. The Morgan fingerprint density at radius 3 is 1.38 bits per heavy atom. The fourth-order valence-electron chi connectivity index (χ4n) is 6.71. The van der Waals surface area contributed by atoms with Gasteiger partial charge in [-0.1, -0.05) is 191 Å². The number of aliphatic imine (C=N–C) groups is 2. The zero-order chi connectivity index (χ0) is 38.9. The van der Waals surface area contributed by atoms with E-state index in [-0.39, 0.29) is 28.0 Å². The quantitative estimate of drug-likeness (QED) is 0.0399. The number of nitrogens with zero attached hydrogens (tertiary/aromatic N) is 2. The molecule has 0 aliphatic carbocycles. The van der Waals surface area contributed by atoms with Crippen molar-refractivity contribution < 1.29 is 26.7 Å². The van der Waals surface area contributed by atoms with Gasteiger partial charge in [0.1, 0.15) is 0 Å². The molecule has 5 heteroatoms. The number of rotatable bonds is 29. The number of hydrogen-bond acceptors (Lipinski definition) is 4. The second-order valence-corrected chi connectivity index (χ2v) is 15.3. The van der Waals surface area contributed by atoms with Gasteiger partial charge >= 0.3 is 16.5 Å². The van der Waals surface area contributed by atoms with Crippen LogP contribution in [0.15, 0.2) is 76.7 Å². The Balaban J connectivity index is 0.000000986. The van der Waals surface area contributed by atoms with Crippen molar-refractivity contribution in [1.82, 2.24) is 0 Å². The van der Waals surface area contributed by atoms with E-state index < -0.39 is 0 Å².